The van der Waals surface area contributed by atoms with E-state index in [1.807, 2.05) is 18.2 Å². The van der Waals surface area contributed by atoms with Gasteiger partial charge in [0.05, 0.1) is 6.61 Å². The molecule has 2 unspecified atom stereocenters. The Balaban J connectivity index is 0. The molecule has 0 saturated heterocycles. The molecular weight excluding hydrogens is 777 g/mol. The van der Waals surface area contributed by atoms with E-state index in [9.17, 15) is 0 Å². The quantitative estimate of drug-likeness (QED) is 0.0199. The van der Waals surface area contributed by atoms with Crippen LogP contribution in [0.4, 0.5) is 0 Å². The molecule has 0 radical (unpaired) electrons. The molecule has 3 heteroatoms. The largest absolute Gasteiger partial charge is 0.490 e. The monoisotopic (exact) mass is 889 g/mol. The van der Waals surface area contributed by atoms with E-state index in [0.29, 0.717) is 5.92 Å². The zero-order valence-electron chi connectivity index (χ0n) is 44.4. The highest BCUT2D eigenvalue weighted by Gasteiger charge is 2.16. The van der Waals surface area contributed by atoms with E-state index in [0.717, 1.165) is 49.9 Å². The second kappa shape index (κ2) is 51.5. The van der Waals surface area contributed by atoms with Gasteiger partial charge < -0.3 is 14.5 Å². The van der Waals surface area contributed by atoms with Gasteiger partial charge in [0.15, 0.2) is 0 Å². The third kappa shape index (κ3) is 42.2. The predicted molar refractivity (Wildman–Crippen MR) is 291 cm³/mol. The summed E-state index contributed by atoms with van der Waals surface area (Å²) in [6, 6.07) is 0. The fraction of sp³-hybridized carbons (Fsp3) is 0.770. The SMILES string of the molecule is C=C=C(C)C(CCCCCC)CCCCCCCC.C=C=C(OCCCCCCN(CCCCCCC=C)CCN(/C=C\C=C)C(=C)C)C(CCCCCC)CCCCCCCCC. The minimum Gasteiger partial charge on any atom is -0.490 e. The molecule has 0 rings (SSSR count). The van der Waals surface area contributed by atoms with Crippen LogP contribution in [0, 0.1) is 11.8 Å². The molecule has 0 aromatic heterocycles. The van der Waals surface area contributed by atoms with Gasteiger partial charge in [-0.2, -0.15) is 0 Å². The lowest BCUT2D eigenvalue weighted by atomic mass is 9.89. The second-order valence-electron chi connectivity index (χ2n) is 19.1. The van der Waals surface area contributed by atoms with Crippen molar-refractivity contribution in [2.75, 3.05) is 32.8 Å². The van der Waals surface area contributed by atoms with Crippen LogP contribution in [-0.2, 0) is 4.74 Å². The predicted octanol–water partition coefficient (Wildman–Crippen LogP) is 20.0. The minimum absolute atomic E-state index is 0.500. The Bertz CT molecular complexity index is 1170. The number of unbranched alkanes of at least 4 members (excludes halogenated alkanes) is 24. The number of hydrogen-bond acceptors (Lipinski definition) is 3. The van der Waals surface area contributed by atoms with Crippen LogP contribution >= 0.6 is 0 Å². The fourth-order valence-corrected chi connectivity index (χ4v) is 8.69. The first kappa shape index (κ1) is 63.6. The molecule has 0 bridgehead atoms. The molecule has 0 aromatic carbocycles. The number of nitrogens with zero attached hydrogens (tertiary/aromatic N) is 2. The molecule has 0 heterocycles. The maximum Gasteiger partial charge on any atom is 0.141 e. The molecule has 64 heavy (non-hydrogen) atoms. The first-order chi connectivity index (χ1) is 31.3. The van der Waals surface area contributed by atoms with Crippen molar-refractivity contribution >= 4 is 0 Å². The summed E-state index contributed by atoms with van der Waals surface area (Å²) in [5, 5.41) is 0. The van der Waals surface area contributed by atoms with Crippen LogP contribution in [0.2, 0.25) is 0 Å². The summed E-state index contributed by atoms with van der Waals surface area (Å²) < 4.78 is 6.36. The third-order valence-electron chi connectivity index (χ3n) is 13.1. The second-order valence-corrected chi connectivity index (χ2v) is 19.1. The van der Waals surface area contributed by atoms with E-state index in [4.69, 9.17) is 4.74 Å². The molecule has 0 spiro atoms. The highest BCUT2D eigenvalue weighted by atomic mass is 16.5. The average molecular weight is 890 g/mol. The Hall–Kier alpha value is -2.44. The summed E-state index contributed by atoms with van der Waals surface area (Å²) in [6.07, 6.45) is 52.9. The highest BCUT2D eigenvalue weighted by molar-refractivity contribution is 5.03. The summed E-state index contributed by atoms with van der Waals surface area (Å²) in [5.74, 6) is 2.30. The fourth-order valence-electron chi connectivity index (χ4n) is 8.69. The van der Waals surface area contributed by atoms with Gasteiger partial charge in [-0.05, 0) is 102 Å². The van der Waals surface area contributed by atoms with Crippen LogP contribution in [0.5, 0.6) is 0 Å². The molecule has 0 saturated carbocycles. The zero-order valence-corrected chi connectivity index (χ0v) is 44.4. The van der Waals surface area contributed by atoms with E-state index in [-0.39, 0.29) is 0 Å². The molecule has 0 N–H and O–H groups in total. The van der Waals surface area contributed by atoms with Gasteiger partial charge in [0.1, 0.15) is 5.76 Å². The van der Waals surface area contributed by atoms with Crippen molar-refractivity contribution in [2.45, 2.75) is 260 Å². The van der Waals surface area contributed by atoms with Crippen molar-refractivity contribution in [3.8, 4) is 0 Å². The van der Waals surface area contributed by atoms with E-state index in [1.54, 1.807) is 0 Å². The van der Waals surface area contributed by atoms with Crippen LogP contribution in [0.25, 0.3) is 0 Å². The van der Waals surface area contributed by atoms with Crippen LogP contribution in [0.15, 0.2) is 85.8 Å². The number of ether oxygens (including phenoxy) is 1. The Kier molecular flexibility index (Phi) is 51.3. The van der Waals surface area contributed by atoms with Gasteiger partial charge in [-0.1, -0.05) is 232 Å². The third-order valence-corrected chi connectivity index (χ3v) is 13.1. The molecule has 0 aliphatic rings. The van der Waals surface area contributed by atoms with E-state index >= 15 is 0 Å². The number of allylic oxidation sites excluding steroid dienone is 6. The number of rotatable bonds is 48. The summed E-state index contributed by atoms with van der Waals surface area (Å²) in [5.41, 5.74) is 8.83. The summed E-state index contributed by atoms with van der Waals surface area (Å²) in [6.45, 7) is 38.3. The molecular formula is C61H112N2O. The minimum atomic E-state index is 0.500. The lowest BCUT2D eigenvalue weighted by Crippen LogP contribution is -2.33. The molecule has 0 aliphatic carbocycles. The summed E-state index contributed by atoms with van der Waals surface area (Å²) in [4.78, 5) is 4.90. The molecule has 0 fully saturated rings. The maximum atomic E-state index is 6.36. The molecule has 3 nitrogen and oxygen atoms in total. The van der Waals surface area contributed by atoms with Crippen molar-refractivity contribution in [3.63, 3.8) is 0 Å². The van der Waals surface area contributed by atoms with E-state index < -0.39 is 0 Å². The first-order valence-electron chi connectivity index (χ1n) is 27.7. The summed E-state index contributed by atoms with van der Waals surface area (Å²) in [7, 11) is 0. The Labute approximate surface area is 403 Å². The van der Waals surface area contributed by atoms with Gasteiger partial charge in [0, 0.05) is 30.9 Å². The number of hydrogen-bond donors (Lipinski definition) is 0. The van der Waals surface area contributed by atoms with Crippen molar-refractivity contribution in [3.05, 3.63) is 85.8 Å². The molecule has 0 aliphatic heterocycles. The average Bonchev–Trinajstić information content (AvgIpc) is 3.30. The van der Waals surface area contributed by atoms with Gasteiger partial charge in [0.25, 0.3) is 0 Å². The van der Waals surface area contributed by atoms with E-state index in [1.165, 1.54) is 224 Å². The van der Waals surface area contributed by atoms with Crippen molar-refractivity contribution in [1.29, 1.82) is 0 Å². The Morgan fingerprint density at radius 2 is 0.922 bits per heavy atom. The Morgan fingerprint density at radius 1 is 0.500 bits per heavy atom. The van der Waals surface area contributed by atoms with E-state index in [2.05, 4.69) is 102 Å². The highest BCUT2D eigenvalue weighted by Crippen LogP contribution is 2.27. The smallest absolute Gasteiger partial charge is 0.141 e. The molecule has 0 aromatic rings. The van der Waals surface area contributed by atoms with Gasteiger partial charge in [0.2, 0.25) is 0 Å². The van der Waals surface area contributed by atoms with Crippen LogP contribution < -0.4 is 0 Å². The lowest BCUT2D eigenvalue weighted by molar-refractivity contribution is 0.162. The van der Waals surface area contributed by atoms with Gasteiger partial charge in [-0.3, -0.25) is 0 Å². The van der Waals surface area contributed by atoms with Gasteiger partial charge in [-0.25, -0.2) is 0 Å². The summed E-state index contributed by atoms with van der Waals surface area (Å²) >= 11 is 0. The van der Waals surface area contributed by atoms with Crippen LogP contribution in [0.1, 0.15) is 260 Å². The van der Waals surface area contributed by atoms with Crippen molar-refractivity contribution < 1.29 is 4.74 Å². The Morgan fingerprint density at radius 3 is 1.36 bits per heavy atom. The van der Waals surface area contributed by atoms with Crippen LogP contribution in [0.3, 0.4) is 0 Å². The zero-order chi connectivity index (χ0) is 47.6. The maximum absolute atomic E-state index is 6.36. The lowest BCUT2D eigenvalue weighted by Gasteiger charge is -2.27. The van der Waals surface area contributed by atoms with Gasteiger partial charge in [-0.15, -0.1) is 12.3 Å². The molecule has 0 amide bonds. The van der Waals surface area contributed by atoms with Crippen molar-refractivity contribution in [1.82, 2.24) is 9.80 Å². The normalized spacial score (nSPS) is 12.0. The first-order valence-corrected chi connectivity index (χ1v) is 27.7. The topological polar surface area (TPSA) is 15.7 Å². The van der Waals surface area contributed by atoms with Crippen molar-refractivity contribution in [2.24, 2.45) is 11.8 Å². The standard InChI is InChI=1S/C42H76N2O.C19H36/c1-8-13-17-20-22-23-28-33-41(32-27-19-15-10-3)42(12-5)45-39-31-26-25-30-35-43(34-29-24-21-18-14-9-2)37-38-44(40(6)7)36-16-11-4;1-5-8-10-12-13-15-17-19(18(4)7-3)16-14-11-9-6-2/h9,11,16,36,41H,2,4-6,8,10,13-15,17-35,37-39H2,1,3,7H3;19H,3,5-6,8-17H2,1-2,4H3/b36-16-;. The van der Waals surface area contributed by atoms with Gasteiger partial charge >= 0.3 is 0 Å². The molecule has 2 atom stereocenters. The molecule has 372 valence electrons. The van der Waals surface area contributed by atoms with Crippen LogP contribution in [-0.4, -0.2) is 42.6 Å².